The Bertz CT molecular complexity index is 546. The van der Waals surface area contributed by atoms with Crippen molar-refractivity contribution < 1.29 is 72.4 Å². The van der Waals surface area contributed by atoms with Crippen molar-refractivity contribution in [2.45, 2.75) is 11.5 Å². The summed E-state index contributed by atoms with van der Waals surface area (Å²) in [5.41, 5.74) is 2.80. The van der Waals surface area contributed by atoms with Crippen LogP contribution < -0.4 is 59.1 Å². The molecule has 2 aromatic carbocycles. The average Bonchev–Trinajstić information content (AvgIpc) is 2.39. The molecule has 0 aliphatic rings. The zero-order valence-electron chi connectivity index (χ0n) is 12.6. The van der Waals surface area contributed by atoms with Crippen molar-refractivity contribution in [1.29, 1.82) is 0 Å². The summed E-state index contributed by atoms with van der Waals surface area (Å²) in [7, 11) is -4.33. The molecule has 3 nitrogen and oxygen atoms in total. The van der Waals surface area contributed by atoms with Crippen LogP contribution in [0.25, 0.3) is 0 Å². The number of hydrogen-bond donors (Lipinski definition) is 0. The zero-order chi connectivity index (χ0) is 14.8. The van der Waals surface area contributed by atoms with E-state index in [1.54, 1.807) is 0 Å². The van der Waals surface area contributed by atoms with Gasteiger partial charge in [-0.3, -0.25) is 4.21 Å². The first-order valence-corrected chi connectivity index (χ1v) is 9.26. The molecule has 0 aliphatic heterocycles. The van der Waals surface area contributed by atoms with Crippen LogP contribution in [-0.4, -0.2) is 13.3 Å². The molecular weight excluding hydrogens is 358 g/mol. The van der Waals surface area contributed by atoms with Gasteiger partial charge in [-0.15, -0.1) is 9.05 Å². The first kappa shape index (κ1) is 25.3. The van der Waals surface area contributed by atoms with Crippen molar-refractivity contribution in [1.82, 2.24) is 0 Å². The molecule has 0 N–H and O–H groups in total. The van der Waals surface area contributed by atoms with Gasteiger partial charge in [-0.2, -0.15) is 11.8 Å². The fourth-order valence-electron chi connectivity index (χ4n) is 1.44. The maximum Gasteiger partial charge on any atom is 1.00 e. The Morgan fingerprint density at radius 1 is 0.818 bits per heavy atom. The maximum atomic E-state index is 8.89. The number of hydrogen-bond acceptors (Lipinski definition) is 5. The van der Waals surface area contributed by atoms with Gasteiger partial charge in [-0.25, -0.2) is 0 Å². The maximum absolute atomic E-state index is 8.89. The summed E-state index contributed by atoms with van der Waals surface area (Å²) in [6, 6.07) is 21.2. The largest absolute Gasteiger partial charge is 1.00 e. The predicted octanol–water partition coefficient (Wildman–Crippen LogP) is -2.88. The molecule has 0 radical (unpaired) electrons. The molecule has 2 aromatic rings. The summed E-state index contributed by atoms with van der Waals surface area (Å²) in [5, 5.41) is 0. The average molecular weight is 372 g/mol. The van der Waals surface area contributed by atoms with E-state index in [9.17, 15) is 0 Å². The number of thioether (sulfide) groups is 1. The van der Waals surface area contributed by atoms with Gasteiger partial charge in [-0.1, -0.05) is 60.7 Å². The van der Waals surface area contributed by atoms with Gasteiger partial charge in [0, 0.05) is 11.5 Å². The molecule has 0 spiro atoms. The van der Waals surface area contributed by atoms with Crippen LogP contribution in [0.4, 0.5) is 0 Å². The van der Waals surface area contributed by atoms with Crippen LogP contribution in [0.15, 0.2) is 60.7 Å². The van der Waals surface area contributed by atoms with Gasteiger partial charge in [0.05, 0.1) is 0 Å². The third kappa shape index (κ3) is 16.0. The van der Waals surface area contributed by atoms with E-state index in [4.69, 9.17) is 13.3 Å². The molecule has 0 fully saturated rings. The van der Waals surface area contributed by atoms with E-state index >= 15 is 0 Å². The second-order valence-electron chi connectivity index (χ2n) is 3.87. The number of rotatable bonds is 4. The van der Waals surface area contributed by atoms with Gasteiger partial charge in [0.15, 0.2) is 0 Å². The van der Waals surface area contributed by atoms with E-state index < -0.39 is 9.05 Å². The van der Waals surface area contributed by atoms with Crippen molar-refractivity contribution in [3.05, 3.63) is 71.8 Å². The van der Waals surface area contributed by atoms with Crippen LogP contribution in [0, 0.1) is 0 Å². The number of benzene rings is 2. The third-order valence-electron chi connectivity index (χ3n) is 2.22. The molecule has 22 heavy (non-hydrogen) atoms. The third-order valence-corrected chi connectivity index (χ3v) is 3.30. The van der Waals surface area contributed by atoms with Crippen molar-refractivity contribution in [2.75, 3.05) is 0 Å². The van der Waals surface area contributed by atoms with Crippen molar-refractivity contribution >= 4 is 32.0 Å². The minimum absolute atomic E-state index is 0. The van der Waals surface area contributed by atoms with E-state index in [0.717, 1.165) is 11.5 Å². The molecule has 0 saturated carbocycles. The molecule has 0 bridgehead atoms. The quantitative estimate of drug-likeness (QED) is 0.540. The van der Waals surface area contributed by atoms with Crippen LogP contribution in [0.5, 0.6) is 0 Å². The predicted molar refractivity (Wildman–Crippen MR) is 84.9 cm³/mol. The molecule has 8 heteroatoms. The van der Waals surface area contributed by atoms with Crippen molar-refractivity contribution in [3.63, 3.8) is 0 Å². The molecular formula is C14H14Na2O3S3. The molecule has 0 amide bonds. The first-order valence-electron chi connectivity index (χ1n) is 5.77. The van der Waals surface area contributed by atoms with Gasteiger partial charge in [0.1, 0.15) is 0 Å². The summed E-state index contributed by atoms with van der Waals surface area (Å²) in [6.45, 7) is 0. The fourth-order valence-corrected chi connectivity index (χ4v) is 2.39. The van der Waals surface area contributed by atoms with Gasteiger partial charge in [0.2, 0.25) is 0 Å². The van der Waals surface area contributed by atoms with Crippen molar-refractivity contribution in [2.24, 2.45) is 0 Å². The van der Waals surface area contributed by atoms with Gasteiger partial charge >= 0.3 is 59.1 Å². The Hall–Kier alpha value is 1.08. The van der Waals surface area contributed by atoms with Gasteiger partial charge in [0.25, 0.3) is 0 Å². The normalized spacial score (nSPS) is 9.55. The van der Waals surface area contributed by atoms with Crippen LogP contribution in [0.3, 0.4) is 0 Å². The molecule has 0 aliphatic carbocycles. The van der Waals surface area contributed by atoms with Crippen LogP contribution in [-0.2, 0) is 31.7 Å². The SMILES string of the molecule is O=S([O-])([O-])=S.[Na+].[Na+].c1ccc(CSCc2ccccc2)cc1. The first-order chi connectivity index (χ1) is 9.45. The minimum Gasteiger partial charge on any atom is -0.780 e. The summed E-state index contributed by atoms with van der Waals surface area (Å²) in [5.74, 6) is 2.19. The van der Waals surface area contributed by atoms with E-state index in [0.29, 0.717) is 0 Å². The molecule has 0 atom stereocenters. The Balaban J connectivity index is 0. The Labute approximate surface area is 185 Å². The van der Waals surface area contributed by atoms with Gasteiger partial charge < -0.3 is 9.11 Å². The summed E-state index contributed by atoms with van der Waals surface area (Å²) in [4.78, 5) is 0. The zero-order valence-corrected chi connectivity index (χ0v) is 19.1. The van der Waals surface area contributed by atoms with E-state index in [2.05, 4.69) is 71.9 Å². The molecule has 0 heterocycles. The summed E-state index contributed by atoms with van der Waals surface area (Å²) in [6.07, 6.45) is 0. The molecule has 0 unspecified atom stereocenters. The Morgan fingerprint density at radius 2 is 1.09 bits per heavy atom. The van der Waals surface area contributed by atoms with Crippen molar-refractivity contribution in [3.8, 4) is 0 Å². The van der Waals surface area contributed by atoms with Crippen LogP contribution in [0.1, 0.15) is 11.1 Å². The van der Waals surface area contributed by atoms with Gasteiger partial charge in [-0.05, 0) is 22.3 Å². The molecule has 2 rings (SSSR count). The summed E-state index contributed by atoms with van der Waals surface area (Å²) >= 11 is 5.20. The smallest absolute Gasteiger partial charge is 0.780 e. The molecule has 0 saturated heterocycles. The standard InChI is InChI=1S/C14H14S.2Na.H2O3S2/c1-3-7-13(8-4-1)11-15-12-14-9-5-2-6-10-14;;;1-5(2,3)4/h1-10H,11-12H2;;;(H2,1,2,3,4)/q;2*+1;/p-2. The monoisotopic (exact) mass is 372 g/mol. The Morgan fingerprint density at radius 3 is 1.36 bits per heavy atom. The fraction of sp³-hybridized carbons (Fsp3) is 0.143. The van der Waals surface area contributed by atoms with E-state index in [-0.39, 0.29) is 59.1 Å². The second-order valence-corrected chi connectivity index (χ2v) is 6.90. The Kier molecular flexibility index (Phi) is 16.6. The minimum atomic E-state index is -4.33. The molecule has 0 aromatic heterocycles. The van der Waals surface area contributed by atoms with E-state index in [1.807, 2.05) is 11.8 Å². The topological polar surface area (TPSA) is 63.2 Å². The van der Waals surface area contributed by atoms with Crippen LogP contribution >= 0.6 is 11.8 Å². The summed E-state index contributed by atoms with van der Waals surface area (Å²) < 4.78 is 26.7. The van der Waals surface area contributed by atoms with Crippen LogP contribution in [0.2, 0.25) is 0 Å². The van der Waals surface area contributed by atoms with E-state index in [1.165, 1.54) is 11.1 Å². The second kappa shape index (κ2) is 14.4. The molecule has 108 valence electrons.